The Balaban J connectivity index is 5.16. The third kappa shape index (κ3) is 1.70. The molecule has 0 spiro atoms. The van der Waals surface area contributed by atoms with Crippen molar-refractivity contribution >= 4 is 5.97 Å². The van der Waals surface area contributed by atoms with Crippen LogP contribution < -0.4 is 5.11 Å². The molecule has 0 rings (SSSR count). The van der Waals surface area contributed by atoms with Crippen LogP contribution in [0.4, 0.5) is 26.3 Å². The fourth-order valence-electron chi connectivity index (χ4n) is 0.404. The highest BCUT2D eigenvalue weighted by atomic mass is 19.3. The van der Waals surface area contributed by atoms with Gasteiger partial charge in [-0.15, -0.1) is 0 Å². The fourth-order valence-corrected chi connectivity index (χ4v) is 0.404. The van der Waals surface area contributed by atoms with Gasteiger partial charge in [-0.05, 0) is 0 Å². The van der Waals surface area contributed by atoms with Crippen LogP contribution in [-0.4, -0.2) is 23.7 Å². The molecule has 0 amide bonds. The monoisotopic (exact) mass is 209 g/mol. The number of hydrogen-bond donors (Lipinski definition) is 0. The second kappa shape index (κ2) is 2.78. The number of carboxylic acids is 1. The molecule has 2 nitrogen and oxygen atoms in total. The molecule has 78 valence electrons. The summed E-state index contributed by atoms with van der Waals surface area (Å²) in [6.07, 6.45) is 0. The SMILES string of the molecule is CC(F)(F)C(F)(F)C(F)(F)C(=O)[O-]. The number of carbonyl (C=O) groups is 1. The van der Waals surface area contributed by atoms with E-state index in [0.717, 1.165) is 0 Å². The van der Waals surface area contributed by atoms with Crippen LogP contribution >= 0.6 is 0 Å². The smallest absolute Gasteiger partial charge is 0.377 e. The molecule has 0 aromatic heterocycles. The fraction of sp³-hybridized carbons (Fsp3) is 0.800. The minimum absolute atomic E-state index is 0.510. The Labute approximate surface area is 68.1 Å². The highest BCUT2D eigenvalue weighted by Gasteiger charge is 2.70. The van der Waals surface area contributed by atoms with Gasteiger partial charge >= 0.3 is 17.8 Å². The van der Waals surface area contributed by atoms with E-state index in [2.05, 4.69) is 0 Å². The molecule has 0 aromatic rings. The van der Waals surface area contributed by atoms with Crippen molar-refractivity contribution in [3.63, 3.8) is 0 Å². The highest BCUT2D eigenvalue weighted by molar-refractivity contribution is 5.74. The van der Waals surface area contributed by atoms with Crippen LogP contribution in [-0.2, 0) is 4.79 Å². The van der Waals surface area contributed by atoms with Gasteiger partial charge in [0.1, 0.15) is 5.97 Å². The predicted molar refractivity (Wildman–Crippen MR) is 25.5 cm³/mol. The van der Waals surface area contributed by atoms with Crippen LogP contribution in [0.3, 0.4) is 0 Å². The Kier molecular flexibility index (Phi) is 2.57. The Morgan fingerprint density at radius 3 is 1.46 bits per heavy atom. The second-order valence-corrected chi connectivity index (χ2v) is 2.32. The first-order valence-corrected chi connectivity index (χ1v) is 2.79. The average molecular weight is 209 g/mol. The first-order valence-electron chi connectivity index (χ1n) is 2.79. The van der Waals surface area contributed by atoms with Gasteiger partial charge in [-0.2, -0.15) is 26.3 Å². The van der Waals surface area contributed by atoms with Crippen LogP contribution in [0.1, 0.15) is 6.92 Å². The molecule has 8 heteroatoms. The first-order chi connectivity index (χ1) is 5.44. The Hall–Kier alpha value is -0.950. The molecule has 0 aliphatic heterocycles. The number of aliphatic carboxylic acids is 1. The van der Waals surface area contributed by atoms with Gasteiger partial charge in [0.25, 0.3) is 0 Å². The summed E-state index contributed by atoms with van der Waals surface area (Å²) < 4.78 is 71.6. The summed E-state index contributed by atoms with van der Waals surface area (Å²) in [6.45, 7) is -0.510. The largest absolute Gasteiger partial charge is 0.544 e. The van der Waals surface area contributed by atoms with Crippen molar-refractivity contribution in [3.05, 3.63) is 0 Å². The van der Waals surface area contributed by atoms with Gasteiger partial charge in [0.05, 0.1) is 0 Å². The third-order valence-corrected chi connectivity index (χ3v) is 1.20. The molecular weight excluding hydrogens is 206 g/mol. The molecule has 13 heavy (non-hydrogen) atoms. The van der Waals surface area contributed by atoms with Gasteiger partial charge in [-0.1, -0.05) is 0 Å². The van der Waals surface area contributed by atoms with Crippen LogP contribution in [0.2, 0.25) is 0 Å². The molecule has 0 unspecified atom stereocenters. The second-order valence-electron chi connectivity index (χ2n) is 2.32. The topological polar surface area (TPSA) is 40.1 Å². The van der Waals surface area contributed by atoms with E-state index in [1.54, 1.807) is 0 Å². The maximum absolute atomic E-state index is 12.0. The van der Waals surface area contributed by atoms with E-state index < -0.39 is 30.7 Å². The number of rotatable bonds is 3. The van der Waals surface area contributed by atoms with Gasteiger partial charge in [-0.3, -0.25) is 0 Å². The highest BCUT2D eigenvalue weighted by Crippen LogP contribution is 2.44. The minimum atomic E-state index is -5.97. The summed E-state index contributed by atoms with van der Waals surface area (Å²) in [5, 5.41) is 9.44. The van der Waals surface area contributed by atoms with E-state index in [1.165, 1.54) is 0 Å². The maximum Gasteiger partial charge on any atom is 0.377 e. The maximum atomic E-state index is 12.0. The Bertz CT molecular complexity index is 218. The van der Waals surface area contributed by atoms with Crippen LogP contribution in [0.25, 0.3) is 0 Å². The van der Waals surface area contributed by atoms with Crippen molar-refractivity contribution in [2.75, 3.05) is 0 Å². The van der Waals surface area contributed by atoms with Crippen molar-refractivity contribution < 1.29 is 36.2 Å². The lowest BCUT2D eigenvalue weighted by Gasteiger charge is -2.30. The first kappa shape index (κ1) is 12.0. The van der Waals surface area contributed by atoms with Crippen molar-refractivity contribution in [2.24, 2.45) is 0 Å². The molecule has 0 saturated heterocycles. The molecule has 0 aliphatic carbocycles. The number of carbonyl (C=O) groups excluding carboxylic acids is 1. The van der Waals surface area contributed by atoms with Gasteiger partial charge in [0, 0.05) is 6.92 Å². The van der Waals surface area contributed by atoms with Gasteiger partial charge in [-0.25, -0.2) is 0 Å². The number of halogens is 6. The number of hydrogen-bond acceptors (Lipinski definition) is 2. The normalized spacial score (nSPS) is 14.4. The molecule has 0 N–H and O–H groups in total. The molecule has 0 aromatic carbocycles. The molecule has 0 radical (unpaired) electrons. The van der Waals surface area contributed by atoms with Crippen molar-refractivity contribution in [2.45, 2.75) is 24.7 Å². The summed E-state index contributed by atoms with van der Waals surface area (Å²) >= 11 is 0. The number of carboxylic acid groups (broad SMARTS) is 1. The lowest BCUT2D eigenvalue weighted by Crippen LogP contribution is -2.60. The Morgan fingerprint density at radius 1 is 1.08 bits per heavy atom. The van der Waals surface area contributed by atoms with E-state index in [0.29, 0.717) is 0 Å². The lowest BCUT2D eigenvalue weighted by molar-refractivity contribution is -0.367. The zero-order valence-electron chi connectivity index (χ0n) is 6.08. The third-order valence-electron chi connectivity index (χ3n) is 1.20. The van der Waals surface area contributed by atoms with E-state index in [1.807, 2.05) is 0 Å². The molecule has 0 heterocycles. The van der Waals surface area contributed by atoms with E-state index >= 15 is 0 Å². The molecule has 0 saturated carbocycles. The van der Waals surface area contributed by atoms with E-state index in [-0.39, 0.29) is 0 Å². The predicted octanol–water partition coefficient (Wildman–Crippen LogP) is 0.662. The molecule has 0 atom stereocenters. The zero-order valence-corrected chi connectivity index (χ0v) is 6.08. The van der Waals surface area contributed by atoms with Crippen LogP contribution in [0, 0.1) is 0 Å². The average Bonchev–Trinajstić information content (AvgIpc) is 1.84. The van der Waals surface area contributed by atoms with Crippen molar-refractivity contribution in [1.29, 1.82) is 0 Å². The van der Waals surface area contributed by atoms with Crippen LogP contribution in [0.15, 0.2) is 0 Å². The quantitative estimate of drug-likeness (QED) is 0.640. The Morgan fingerprint density at radius 2 is 1.38 bits per heavy atom. The van der Waals surface area contributed by atoms with Gasteiger partial charge < -0.3 is 9.90 Å². The minimum Gasteiger partial charge on any atom is -0.544 e. The summed E-state index contributed by atoms with van der Waals surface area (Å²) in [5.41, 5.74) is 0. The van der Waals surface area contributed by atoms with Crippen LogP contribution in [0.5, 0.6) is 0 Å². The molecule has 0 aliphatic rings. The van der Waals surface area contributed by atoms with E-state index in [9.17, 15) is 36.2 Å². The van der Waals surface area contributed by atoms with Gasteiger partial charge in [0.2, 0.25) is 0 Å². The summed E-state index contributed by atoms with van der Waals surface area (Å²) in [6, 6.07) is 0. The van der Waals surface area contributed by atoms with Crippen molar-refractivity contribution in [1.82, 2.24) is 0 Å². The summed E-state index contributed by atoms with van der Waals surface area (Å²) in [5.74, 6) is -20.6. The standard InChI is InChI=1S/C5H4F6O2/c1-3(6,7)5(10,11)4(8,9)2(12)13/h1H3,(H,12,13)/p-1. The molecule has 0 fully saturated rings. The lowest BCUT2D eigenvalue weighted by atomic mass is 10.1. The summed E-state index contributed by atoms with van der Waals surface area (Å²) in [7, 11) is 0. The summed E-state index contributed by atoms with van der Waals surface area (Å²) in [4.78, 5) is 9.44. The van der Waals surface area contributed by atoms with E-state index in [4.69, 9.17) is 0 Å². The molecular formula is C5H3F6O2-. The number of alkyl halides is 6. The zero-order chi connectivity index (χ0) is 11.1. The van der Waals surface area contributed by atoms with Crippen molar-refractivity contribution in [3.8, 4) is 0 Å². The molecule has 0 bridgehead atoms. The van der Waals surface area contributed by atoms with Gasteiger partial charge in [0.15, 0.2) is 0 Å².